The molecule has 0 bridgehead atoms. The number of fused-ring (bicyclic) bond motifs is 5. The average molecular weight is 468 g/mol. The summed E-state index contributed by atoms with van der Waals surface area (Å²) in [6, 6.07) is -0.485. The first-order chi connectivity index (χ1) is 15.5. The number of alkyl halides is 1. The lowest BCUT2D eigenvalue weighted by Gasteiger charge is -2.59. The molecule has 6 aliphatic rings. The first kappa shape index (κ1) is 21.4. The van der Waals surface area contributed by atoms with Crippen LogP contribution in [-0.2, 0) is 19.1 Å². The minimum Gasteiger partial charge on any atom is -0.478 e. The molecule has 3 aliphatic carbocycles. The van der Waals surface area contributed by atoms with Crippen molar-refractivity contribution in [1.82, 2.24) is 4.90 Å². The number of thioether (sulfide) groups is 1. The molecule has 0 aromatic carbocycles. The summed E-state index contributed by atoms with van der Waals surface area (Å²) in [5.74, 6) is -1.77. The van der Waals surface area contributed by atoms with Crippen LogP contribution in [0.15, 0.2) is 11.8 Å². The zero-order valence-corrected chi connectivity index (χ0v) is 18.7. The van der Waals surface area contributed by atoms with Gasteiger partial charge in [-0.2, -0.15) is 0 Å². The van der Waals surface area contributed by atoms with Crippen LogP contribution in [0.25, 0.3) is 0 Å². The fraction of sp³-hybridized carbons (Fsp3) is 0.826. The van der Waals surface area contributed by atoms with Gasteiger partial charge in [-0.15, -0.1) is 11.8 Å². The van der Waals surface area contributed by atoms with Crippen LogP contribution >= 0.6 is 11.8 Å². The van der Waals surface area contributed by atoms with Gasteiger partial charge >= 0.3 is 5.97 Å². The molecule has 32 heavy (non-hydrogen) atoms. The average Bonchev–Trinajstić information content (AvgIpc) is 3.13. The zero-order chi connectivity index (χ0) is 22.1. The van der Waals surface area contributed by atoms with Gasteiger partial charge in [-0.25, -0.2) is 9.18 Å². The quantitative estimate of drug-likeness (QED) is 0.481. The predicted molar refractivity (Wildman–Crippen MR) is 114 cm³/mol. The van der Waals surface area contributed by atoms with E-state index in [0.29, 0.717) is 17.9 Å². The van der Waals surface area contributed by atoms with E-state index in [1.54, 1.807) is 0 Å². The van der Waals surface area contributed by atoms with E-state index in [4.69, 9.17) is 9.47 Å². The van der Waals surface area contributed by atoms with Crippen molar-refractivity contribution >= 4 is 23.5 Å². The van der Waals surface area contributed by atoms with Gasteiger partial charge in [-0.3, -0.25) is 4.79 Å². The van der Waals surface area contributed by atoms with Crippen molar-refractivity contribution in [3.63, 3.8) is 0 Å². The Morgan fingerprint density at radius 1 is 1.12 bits per heavy atom. The lowest BCUT2D eigenvalue weighted by Crippen LogP contribution is -2.71. The highest BCUT2D eigenvalue weighted by Gasteiger charge is 2.61. The summed E-state index contributed by atoms with van der Waals surface area (Å²) in [6.45, 7) is 0. The highest BCUT2D eigenvalue weighted by atomic mass is 32.2. The van der Waals surface area contributed by atoms with Gasteiger partial charge in [0.2, 0.25) is 0 Å². The van der Waals surface area contributed by atoms with Gasteiger partial charge in [-0.1, -0.05) is 12.8 Å². The minimum atomic E-state index is -1.33. The standard InChI is InChI=1S/C23H30FNO6S/c24-14-5-12-19-21(22(14)32-9-26)31-18-6-11-10-3-1-2-4-16(10)30-17(11)7-15(18)25(19)8-13(20(12)27)23(28)29/h8,10-12,14-19,21-22,26H,1-7,9H2,(H,28,29). The van der Waals surface area contributed by atoms with Gasteiger partial charge in [0.05, 0.1) is 47.7 Å². The SMILES string of the molecule is O=C(O)C1=CN2C3CC4OC5CCCCC5C4CC3OC3C(SCO)C(F)CC(C1=O)C32. The number of hydrogen-bond acceptors (Lipinski definition) is 7. The zero-order valence-electron chi connectivity index (χ0n) is 17.8. The van der Waals surface area contributed by atoms with E-state index in [-0.39, 0.29) is 36.2 Å². The minimum absolute atomic E-state index is 0.0355. The molecule has 3 heterocycles. The summed E-state index contributed by atoms with van der Waals surface area (Å²) in [4.78, 5) is 26.9. The number of ketones is 1. The summed E-state index contributed by atoms with van der Waals surface area (Å²) in [7, 11) is 0. The Balaban J connectivity index is 1.37. The number of carboxylic acid groups (broad SMARTS) is 1. The fourth-order valence-electron chi connectivity index (χ4n) is 7.62. The molecule has 6 rings (SSSR count). The number of Topliss-reactive ketones (excluding diaryl/α,β-unsaturated/α-hetero) is 1. The Hall–Kier alpha value is -1.16. The number of aliphatic hydroxyl groups excluding tert-OH is 1. The highest BCUT2D eigenvalue weighted by molar-refractivity contribution is 7.99. The number of carbonyl (C=O) groups excluding carboxylic acids is 1. The number of rotatable bonds is 3. The van der Waals surface area contributed by atoms with Crippen molar-refractivity contribution in [2.45, 2.75) is 92.9 Å². The summed E-state index contributed by atoms with van der Waals surface area (Å²) in [6.07, 6.45) is 6.11. The van der Waals surface area contributed by atoms with Crippen LogP contribution in [0.3, 0.4) is 0 Å². The third-order valence-electron chi connectivity index (χ3n) is 8.88. The van der Waals surface area contributed by atoms with Crippen molar-refractivity contribution in [1.29, 1.82) is 0 Å². The molecule has 11 unspecified atom stereocenters. The number of aliphatic hydroxyl groups is 1. The van der Waals surface area contributed by atoms with Crippen LogP contribution < -0.4 is 0 Å². The van der Waals surface area contributed by atoms with Crippen molar-refractivity contribution in [3.05, 3.63) is 11.8 Å². The second kappa shape index (κ2) is 7.96. The highest BCUT2D eigenvalue weighted by Crippen LogP contribution is 2.53. The smallest absolute Gasteiger partial charge is 0.340 e. The summed E-state index contributed by atoms with van der Waals surface area (Å²) < 4.78 is 28.3. The molecular weight excluding hydrogens is 437 g/mol. The van der Waals surface area contributed by atoms with Gasteiger partial charge in [0, 0.05) is 12.1 Å². The van der Waals surface area contributed by atoms with Crippen molar-refractivity contribution in [2.24, 2.45) is 17.8 Å². The maximum Gasteiger partial charge on any atom is 0.340 e. The Labute approximate surface area is 190 Å². The predicted octanol–water partition coefficient (Wildman–Crippen LogP) is 2.12. The number of halogens is 1. The topological polar surface area (TPSA) is 96.3 Å². The Morgan fingerprint density at radius 3 is 2.72 bits per heavy atom. The molecular formula is C23H30FNO6S. The van der Waals surface area contributed by atoms with Crippen molar-refractivity contribution < 1.29 is 33.7 Å². The van der Waals surface area contributed by atoms with Gasteiger partial charge in [0.25, 0.3) is 0 Å². The molecule has 0 aromatic heterocycles. The summed E-state index contributed by atoms with van der Waals surface area (Å²) >= 11 is 1.13. The third kappa shape index (κ3) is 3.11. The Bertz CT molecular complexity index is 839. The van der Waals surface area contributed by atoms with E-state index in [2.05, 4.69) is 0 Å². The summed E-state index contributed by atoms with van der Waals surface area (Å²) in [5.41, 5.74) is -0.255. The van der Waals surface area contributed by atoms with E-state index >= 15 is 4.39 Å². The van der Waals surface area contributed by atoms with Crippen LogP contribution in [0.5, 0.6) is 0 Å². The van der Waals surface area contributed by atoms with Crippen molar-refractivity contribution in [2.75, 3.05) is 5.94 Å². The lowest BCUT2D eigenvalue weighted by molar-refractivity contribution is -0.198. The van der Waals surface area contributed by atoms with E-state index in [1.165, 1.54) is 25.5 Å². The second-order valence-corrected chi connectivity index (χ2v) is 11.4. The number of aliphatic carboxylic acids is 1. The molecule has 0 spiro atoms. The lowest BCUT2D eigenvalue weighted by atomic mass is 9.68. The monoisotopic (exact) mass is 467 g/mol. The van der Waals surface area contributed by atoms with E-state index in [0.717, 1.165) is 31.0 Å². The molecule has 2 saturated heterocycles. The molecule has 11 atom stereocenters. The molecule has 2 N–H and O–H groups in total. The normalized spacial score (nSPS) is 49.4. The number of carbonyl (C=O) groups is 2. The molecule has 3 aliphatic heterocycles. The maximum absolute atomic E-state index is 15.2. The fourth-order valence-corrected chi connectivity index (χ4v) is 8.53. The molecule has 5 fully saturated rings. The maximum atomic E-state index is 15.2. The van der Waals surface area contributed by atoms with Gasteiger partial charge in [0.1, 0.15) is 11.7 Å². The molecule has 0 radical (unpaired) electrons. The number of hydrogen-bond donors (Lipinski definition) is 2. The van der Waals surface area contributed by atoms with Crippen molar-refractivity contribution in [3.8, 4) is 0 Å². The van der Waals surface area contributed by atoms with Crippen LogP contribution in [0, 0.1) is 17.8 Å². The van der Waals surface area contributed by atoms with E-state index in [1.807, 2.05) is 4.90 Å². The largest absolute Gasteiger partial charge is 0.478 e. The molecule has 7 nitrogen and oxygen atoms in total. The van der Waals surface area contributed by atoms with Crippen LogP contribution in [0.1, 0.15) is 44.9 Å². The second-order valence-electron chi connectivity index (χ2n) is 10.3. The Kier molecular flexibility index (Phi) is 5.32. The number of morpholine rings is 1. The number of carboxylic acids is 1. The van der Waals surface area contributed by atoms with E-state index < -0.39 is 41.2 Å². The van der Waals surface area contributed by atoms with Gasteiger partial charge in [0.15, 0.2) is 5.78 Å². The van der Waals surface area contributed by atoms with Crippen LogP contribution in [0.2, 0.25) is 0 Å². The number of ether oxygens (including phenoxy) is 2. The first-order valence-electron chi connectivity index (χ1n) is 11.9. The van der Waals surface area contributed by atoms with Gasteiger partial charge in [-0.05, 0) is 43.9 Å². The summed E-state index contributed by atoms with van der Waals surface area (Å²) in [5, 5.41) is 18.6. The van der Waals surface area contributed by atoms with Crippen LogP contribution in [0.4, 0.5) is 4.39 Å². The Morgan fingerprint density at radius 2 is 1.94 bits per heavy atom. The molecule has 9 heteroatoms. The van der Waals surface area contributed by atoms with Crippen LogP contribution in [-0.4, -0.2) is 80.7 Å². The molecule has 0 amide bonds. The van der Waals surface area contributed by atoms with E-state index in [9.17, 15) is 19.8 Å². The molecule has 3 saturated carbocycles. The van der Waals surface area contributed by atoms with Gasteiger partial charge < -0.3 is 24.6 Å². The molecule has 0 aromatic rings. The molecule has 176 valence electrons. The third-order valence-corrected chi connectivity index (χ3v) is 9.98. The first-order valence-corrected chi connectivity index (χ1v) is 13.0. The number of nitrogens with zero attached hydrogens (tertiary/aromatic N) is 1.